The smallest absolute Gasteiger partial charge is 0.0253 e. The van der Waals surface area contributed by atoms with E-state index in [-0.39, 0.29) is 0 Å². The van der Waals surface area contributed by atoms with Crippen molar-refractivity contribution in [2.75, 3.05) is 13.1 Å². The first kappa shape index (κ1) is 10.6. The molecular weight excluding hydrogens is 158 g/mol. The fourth-order valence-corrected chi connectivity index (χ4v) is 2.15. The molecule has 1 saturated heterocycles. The van der Waals surface area contributed by atoms with E-state index < -0.39 is 0 Å². The van der Waals surface area contributed by atoms with Crippen LogP contribution in [-0.4, -0.2) is 24.0 Å². The van der Waals surface area contributed by atoms with Crippen LogP contribution in [0.5, 0.6) is 0 Å². The molecule has 1 aliphatic rings. The number of hydrogen-bond donors (Lipinski definition) is 0. The first-order valence-electron chi connectivity index (χ1n) is 5.23. The fraction of sp³-hybridized carbons (Fsp3) is 0.833. The first-order valence-corrected chi connectivity index (χ1v) is 5.23. The van der Waals surface area contributed by atoms with Gasteiger partial charge in [0.25, 0.3) is 0 Å². The Morgan fingerprint density at radius 3 is 2.23 bits per heavy atom. The zero-order chi connectivity index (χ0) is 9.90. The van der Waals surface area contributed by atoms with Gasteiger partial charge in [-0.15, -0.1) is 12.3 Å². The first-order chi connectivity index (χ1) is 6.05. The van der Waals surface area contributed by atoms with Gasteiger partial charge in [0.2, 0.25) is 0 Å². The second-order valence-corrected chi connectivity index (χ2v) is 5.03. The monoisotopic (exact) mass is 179 g/mol. The van der Waals surface area contributed by atoms with E-state index in [4.69, 9.17) is 6.42 Å². The van der Waals surface area contributed by atoms with E-state index >= 15 is 0 Å². The zero-order valence-corrected chi connectivity index (χ0v) is 9.14. The minimum Gasteiger partial charge on any atom is -0.299 e. The summed E-state index contributed by atoms with van der Waals surface area (Å²) in [4.78, 5) is 2.56. The van der Waals surface area contributed by atoms with Crippen LogP contribution in [0, 0.1) is 17.8 Å². The Morgan fingerprint density at radius 2 is 1.85 bits per heavy atom. The number of rotatable bonds is 2. The molecule has 74 valence electrons. The molecule has 1 heterocycles. The molecule has 0 spiro atoms. The third kappa shape index (κ3) is 2.74. The van der Waals surface area contributed by atoms with E-state index in [1.807, 2.05) is 0 Å². The van der Waals surface area contributed by atoms with E-state index in [2.05, 4.69) is 31.6 Å². The molecule has 1 nitrogen and oxygen atoms in total. The van der Waals surface area contributed by atoms with Gasteiger partial charge in [0, 0.05) is 12.5 Å². The van der Waals surface area contributed by atoms with Gasteiger partial charge in [-0.2, -0.15) is 0 Å². The van der Waals surface area contributed by atoms with Crippen LogP contribution in [0.15, 0.2) is 0 Å². The SMILES string of the molecule is C#CCC(N1CCCC1)C(C)(C)C. The fourth-order valence-electron chi connectivity index (χ4n) is 2.15. The van der Waals surface area contributed by atoms with Crippen LogP contribution >= 0.6 is 0 Å². The van der Waals surface area contributed by atoms with Crippen molar-refractivity contribution in [1.82, 2.24) is 4.90 Å². The van der Waals surface area contributed by atoms with Crippen molar-refractivity contribution in [2.45, 2.75) is 46.1 Å². The minimum absolute atomic E-state index is 0.316. The topological polar surface area (TPSA) is 3.24 Å². The van der Waals surface area contributed by atoms with Crippen molar-refractivity contribution in [3.8, 4) is 12.3 Å². The van der Waals surface area contributed by atoms with Crippen molar-refractivity contribution in [1.29, 1.82) is 0 Å². The zero-order valence-electron chi connectivity index (χ0n) is 9.14. The Labute approximate surface area is 82.5 Å². The largest absolute Gasteiger partial charge is 0.299 e. The maximum absolute atomic E-state index is 5.42. The summed E-state index contributed by atoms with van der Waals surface area (Å²) in [6, 6.07) is 0.569. The summed E-state index contributed by atoms with van der Waals surface area (Å²) < 4.78 is 0. The lowest BCUT2D eigenvalue weighted by Crippen LogP contribution is -2.42. The Balaban J connectivity index is 2.62. The average molecular weight is 179 g/mol. The quantitative estimate of drug-likeness (QED) is 0.589. The van der Waals surface area contributed by atoms with E-state index in [9.17, 15) is 0 Å². The van der Waals surface area contributed by atoms with E-state index in [1.165, 1.54) is 25.9 Å². The predicted molar refractivity (Wildman–Crippen MR) is 57.5 cm³/mol. The van der Waals surface area contributed by atoms with Crippen LogP contribution in [0.1, 0.15) is 40.0 Å². The molecule has 1 rings (SSSR count). The molecule has 0 N–H and O–H groups in total. The number of hydrogen-bond acceptors (Lipinski definition) is 1. The highest BCUT2D eigenvalue weighted by Gasteiger charge is 2.30. The summed E-state index contributed by atoms with van der Waals surface area (Å²) in [5, 5.41) is 0. The molecule has 0 aromatic carbocycles. The summed E-state index contributed by atoms with van der Waals surface area (Å²) >= 11 is 0. The van der Waals surface area contributed by atoms with Gasteiger partial charge in [-0.25, -0.2) is 0 Å². The van der Waals surface area contributed by atoms with Gasteiger partial charge in [0.15, 0.2) is 0 Å². The standard InChI is InChI=1S/C12H21N/c1-5-8-11(12(2,3)4)13-9-6-7-10-13/h1,11H,6-10H2,2-4H3. The molecule has 1 atom stereocenters. The Kier molecular flexibility index (Phi) is 3.39. The van der Waals surface area contributed by atoms with Gasteiger partial charge in [-0.05, 0) is 31.3 Å². The third-order valence-corrected chi connectivity index (χ3v) is 2.89. The van der Waals surface area contributed by atoms with Gasteiger partial charge in [-0.1, -0.05) is 20.8 Å². The molecule has 1 heteroatoms. The summed E-state index contributed by atoms with van der Waals surface area (Å²) in [5.74, 6) is 2.81. The highest BCUT2D eigenvalue weighted by Crippen LogP contribution is 2.29. The normalized spacial score (nSPS) is 21.4. The number of likely N-dealkylation sites (tertiary alicyclic amines) is 1. The molecule has 0 amide bonds. The van der Waals surface area contributed by atoms with Crippen LogP contribution in [0.4, 0.5) is 0 Å². The molecule has 0 aromatic heterocycles. The second-order valence-electron chi connectivity index (χ2n) is 5.03. The Morgan fingerprint density at radius 1 is 1.31 bits per heavy atom. The predicted octanol–water partition coefficient (Wildman–Crippen LogP) is 2.52. The van der Waals surface area contributed by atoms with Gasteiger partial charge in [-0.3, -0.25) is 4.90 Å². The molecule has 0 radical (unpaired) electrons. The van der Waals surface area contributed by atoms with Gasteiger partial charge >= 0.3 is 0 Å². The van der Waals surface area contributed by atoms with Gasteiger partial charge in [0.1, 0.15) is 0 Å². The lowest BCUT2D eigenvalue weighted by atomic mass is 9.84. The van der Waals surface area contributed by atoms with E-state index in [0.717, 1.165) is 6.42 Å². The highest BCUT2D eigenvalue weighted by atomic mass is 15.2. The molecule has 1 unspecified atom stereocenters. The Bertz CT molecular complexity index is 188. The van der Waals surface area contributed by atoms with Gasteiger partial charge < -0.3 is 0 Å². The second kappa shape index (κ2) is 4.15. The summed E-state index contributed by atoms with van der Waals surface area (Å²) in [5.41, 5.74) is 0.316. The van der Waals surface area contributed by atoms with Crippen molar-refractivity contribution < 1.29 is 0 Å². The number of nitrogens with zero attached hydrogens (tertiary/aromatic N) is 1. The molecular formula is C12H21N. The average Bonchev–Trinajstić information content (AvgIpc) is 2.49. The molecule has 1 aliphatic heterocycles. The molecule has 0 aromatic rings. The number of terminal acetylenes is 1. The Hall–Kier alpha value is -0.480. The summed E-state index contributed by atoms with van der Waals surface area (Å²) in [6.45, 7) is 9.33. The molecule has 0 bridgehead atoms. The van der Waals surface area contributed by atoms with Crippen LogP contribution in [0.2, 0.25) is 0 Å². The maximum atomic E-state index is 5.42. The lowest BCUT2D eigenvalue weighted by molar-refractivity contribution is 0.128. The van der Waals surface area contributed by atoms with Crippen molar-refractivity contribution in [3.63, 3.8) is 0 Å². The molecule has 1 fully saturated rings. The van der Waals surface area contributed by atoms with Crippen molar-refractivity contribution in [3.05, 3.63) is 0 Å². The van der Waals surface area contributed by atoms with Crippen molar-refractivity contribution >= 4 is 0 Å². The summed E-state index contributed by atoms with van der Waals surface area (Å²) in [6.07, 6.45) is 9.00. The minimum atomic E-state index is 0.316. The van der Waals surface area contributed by atoms with Crippen LogP contribution in [0.25, 0.3) is 0 Å². The molecule has 0 saturated carbocycles. The van der Waals surface area contributed by atoms with E-state index in [1.54, 1.807) is 0 Å². The van der Waals surface area contributed by atoms with Crippen molar-refractivity contribution in [2.24, 2.45) is 5.41 Å². The van der Waals surface area contributed by atoms with Crippen LogP contribution in [-0.2, 0) is 0 Å². The van der Waals surface area contributed by atoms with Crippen LogP contribution < -0.4 is 0 Å². The summed E-state index contributed by atoms with van der Waals surface area (Å²) in [7, 11) is 0. The molecule has 13 heavy (non-hydrogen) atoms. The highest BCUT2D eigenvalue weighted by molar-refractivity contribution is 4.96. The maximum Gasteiger partial charge on any atom is 0.0253 e. The van der Waals surface area contributed by atoms with Crippen LogP contribution in [0.3, 0.4) is 0 Å². The van der Waals surface area contributed by atoms with Gasteiger partial charge in [0.05, 0.1) is 0 Å². The lowest BCUT2D eigenvalue weighted by Gasteiger charge is -2.36. The van der Waals surface area contributed by atoms with E-state index in [0.29, 0.717) is 11.5 Å². The third-order valence-electron chi connectivity index (χ3n) is 2.89. The molecule has 0 aliphatic carbocycles.